The third kappa shape index (κ3) is 2.57. The predicted molar refractivity (Wildman–Crippen MR) is 64.6 cm³/mol. The molecule has 4 nitrogen and oxygen atoms in total. The fraction of sp³-hybridized carbons (Fsp3) is 1.00. The van der Waals surface area contributed by atoms with Crippen LogP contribution in [-0.4, -0.2) is 43.8 Å². The summed E-state index contributed by atoms with van der Waals surface area (Å²) in [7, 11) is -3.08. The number of piperidine rings is 1. The van der Waals surface area contributed by atoms with Gasteiger partial charge in [-0.05, 0) is 18.3 Å². The molecule has 0 spiro atoms. The van der Waals surface area contributed by atoms with Gasteiger partial charge in [-0.1, -0.05) is 20.8 Å². The number of hydrogen-bond acceptors (Lipinski definition) is 3. The van der Waals surface area contributed by atoms with Crippen LogP contribution in [-0.2, 0) is 10.0 Å². The molecule has 0 bridgehead atoms. The Morgan fingerprint density at radius 1 is 1.25 bits per heavy atom. The topological polar surface area (TPSA) is 57.6 Å². The van der Waals surface area contributed by atoms with Crippen LogP contribution in [0.4, 0.5) is 0 Å². The zero-order valence-corrected chi connectivity index (χ0v) is 11.5. The van der Waals surface area contributed by atoms with E-state index >= 15 is 0 Å². The van der Waals surface area contributed by atoms with Crippen molar-refractivity contribution in [2.45, 2.75) is 33.6 Å². The van der Waals surface area contributed by atoms with Crippen LogP contribution in [0.1, 0.15) is 33.6 Å². The molecule has 1 heterocycles. The lowest BCUT2D eigenvalue weighted by Crippen LogP contribution is -2.49. The second kappa shape index (κ2) is 4.27. The molecule has 0 aromatic rings. The zero-order valence-electron chi connectivity index (χ0n) is 10.7. The molecule has 0 radical (unpaired) electrons. The number of rotatable bonds is 2. The monoisotopic (exact) mass is 249 g/mol. The summed E-state index contributed by atoms with van der Waals surface area (Å²) >= 11 is 0. The number of aliphatic hydroxyl groups is 1. The van der Waals surface area contributed by atoms with Crippen LogP contribution in [0.5, 0.6) is 0 Å². The quantitative estimate of drug-likeness (QED) is 0.796. The molecule has 1 aliphatic heterocycles. The van der Waals surface area contributed by atoms with Gasteiger partial charge < -0.3 is 5.11 Å². The summed E-state index contributed by atoms with van der Waals surface area (Å²) in [6, 6.07) is 0. The molecule has 1 saturated heterocycles. The first-order valence-electron chi connectivity index (χ1n) is 5.68. The van der Waals surface area contributed by atoms with Gasteiger partial charge in [0.15, 0.2) is 0 Å². The van der Waals surface area contributed by atoms with E-state index < -0.39 is 10.0 Å². The summed E-state index contributed by atoms with van der Waals surface area (Å²) in [5, 5.41) is 9.60. The Morgan fingerprint density at radius 2 is 1.69 bits per heavy atom. The Hall–Kier alpha value is -0.130. The maximum Gasteiger partial charge on any atom is 0.211 e. The van der Waals surface area contributed by atoms with Crippen LogP contribution in [0.3, 0.4) is 0 Å². The highest BCUT2D eigenvalue weighted by molar-refractivity contribution is 7.88. The summed E-state index contributed by atoms with van der Waals surface area (Å²) in [6.45, 7) is 7.51. The Labute approximate surface area is 98.7 Å². The van der Waals surface area contributed by atoms with Gasteiger partial charge >= 0.3 is 0 Å². The number of hydrogen-bond donors (Lipinski definition) is 1. The molecular formula is C11H23NO3S. The normalized spacial score (nSPS) is 23.3. The van der Waals surface area contributed by atoms with E-state index in [4.69, 9.17) is 0 Å². The average molecular weight is 249 g/mol. The molecule has 5 heteroatoms. The van der Waals surface area contributed by atoms with Crippen molar-refractivity contribution in [3.63, 3.8) is 0 Å². The van der Waals surface area contributed by atoms with Crippen LogP contribution in [0, 0.1) is 10.8 Å². The van der Waals surface area contributed by atoms with Crippen molar-refractivity contribution in [2.75, 3.05) is 26.0 Å². The summed E-state index contributed by atoms with van der Waals surface area (Å²) in [4.78, 5) is 0. The van der Waals surface area contributed by atoms with Gasteiger partial charge in [0.2, 0.25) is 10.0 Å². The van der Waals surface area contributed by atoms with Gasteiger partial charge in [-0.15, -0.1) is 0 Å². The van der Waals surface area contributed by atoms with E-state index in [1.807, 2.05) is 0 Å². The molecule has 1 N–H and O–H groups in total. The van der Waals surface area contributed by atoms with Gasteiger partial charge in [0.1, 0.15) is 0 Å². The maximum absolute atomic E-state index is 11.4. The fourth-order valence-corrected chi connectivity index (χ4v) is 3.24. The third-order valence-corrected chi connectivity index (χ3v) is 5.35. The first kappa shape index (κ1) is 13.9. The highest BCUT2D eigenvalue weighted by Gasteiger charge is 2.44. The molecular weight excluding hydrogens is 226 g/mol. The van der Waals surface area contributed by atoms with Crippen molar-refractivity contribution in [1.82, 2.24) is 4.31 Å². The summed E-state index contributed by atoms with van der Waals surface area (Å²) < 4.78 is 24.3. The molecule has 16 heavy (non-hydrogen) atoms. The lowest BCUT2D eigenvalue weighted by molar-refractivity contribution is -0.0252. The first-order valence-corrected chi connectivity index (χ1v) is 7.53. The van der Waals surface area contributed by atoms with Crippen molar-refractivity contribution in [3.05, 3.63) is 0 Å². The van der Waals surface area contributed by atoms with Gasteiger partial charge in [-0.2, -0.15) is 0 Å². The minimum atomic E-state index is -3.08. The van der Waals surface area contributed by atoms with Crippen molar-refractivity contribution in [2.24, 2.45) is 10.8 Å². The molecule has 0 aromatic heterocycles. The molecule has 0 unspecified atom stereocenters. The number of sulfonamides is 1. The van der Waals surface area contributed by atoms with E-state index in [0.29, 0.717) is 13.1 Å². The van der Waals surface area contributed by atoms with Crippen LogP contribution in [0.25, 0.3) is 0 Å². The Balaban J connectivity index is 2.80. The number of nitrogens with zero attached hydrogens (tertiary/aromatic N) is 1. The number of aliphatic hydroxyl groups excluding tert-OH is 1. The van der Waals surface area contributed by atoms with Gasteiger partial charge in [-0.25, -0.2) is 12.7 Å². The van der Waals surface area contributed by atoms with E-state index in [9.17, 15) is 13.5 Å². The smallest absolute Gasteiger partial charge is 0.211 e. The van der Waals surface area contributed by atoms with Crippen LogP contribution >= 0.6 is 0 Å². The van der Waals surface area contributed by atoms with E-state index in [2.05, 4.69) is 20.8 Å². The van der Waals surface area contributed by atoms with Crippen molar-refractivity contribution in [3.8, 4) is 0 Å². The standard InChI is InChI=1S/C11H23NO3S/c1-10(2,3)11(9-13)5-7-12(8-6-11)16(4,14)15/h13H,5-9H2,1-4H3. The molecule has 0 amide bonds. The minimum Gasteiger partial charge on any atom is -0.396 e. The third-order valence-electron chi connectivity index (χ3n) is 4.04. The molecule has 0 aromatic carbocycles. The molecule has 1 rings (SSSR count). The van der Waals surface area contributed by atoms with E-state index in [-0.39, 0.29) is 17.4 Å². The summed E-state index contributed by atoms with van der Waals surface area (Å²) in [6.07, 6.45) is 2.72. The molecule has 0 saturated carbocycles. The molecule has 0 atom stereocenters. The Bertz CT molecular complexity index is 335. The summed E-state index contributed by atoms with van der Waals surface area (Å²) in [5.41, 5.74) is -0.139. The predicted octanol–water partition coefficient (Wildman–Crippen LogP) is 1.07. The maximum atomic E-state index is 11.4. The van der Waals surface area contributed by atoms with Crippen molar-refractivity contribution in [1.29, 1.82) is 0 Å². The van der Waals surface area contributed by atoms with Gasteiger partial charge in [0, 0.05) is 25.1 Å². The fourth-order valence-electron chi connectivity index (χ4n) is 2.39. The van der Waals surface area contributed by atoms with E-state index in [1.165, 1.54) is 10.6 Å². The molecule has 96 valence electrons. The molecule has 0 aliphatic carbocycles. The second-order valence-corrected chi connectivity index (χ2v) is 7.83. The Kier molecular flexibility index (Phi) is 3.72. The van der Waals surface area contributed by atoms with Gasteiger partial charge in [0.05, 0.1) is 6.26 Å². The first-order chi connectivity index (χ1) is 7.12. The second-order valence-electron chi connectivity index (χ2n) is 5.85. The summed E-state index contributed by atoms with van der Waals surface area (Å²) in [5.74, 6) is 0. The Morgan fingerprint density at radius 3 is 1.94 bits per heavy atom. The van der Waals surface area contributed by atoms with Crippen LogP contribution in [0.15, 0.2) is 0 Å². The highest BCUT2D eigenvalue weighted by atomic mass is 32.2. The molecule has 1 fully saturated rings. The van der Waals surface area contributed by atoms with Crippen molar-refractivity contribution < 1.29 is 13.5 Å². The van der Waals surface area contributed by atoms with Gasteiger partial charge in [-0.3, -0.25) is 0 Å². The zero-order chi connectivity index (χ0) is 12.6. The highest BCUT2D eigenvalue weighted by Crippen LogP contribution is 2.46. The van der Waals surface area contributed by atoms with Gasteiger partial charge in [0.25, 0.3) is 0 Å². The molecule has 1 aliphatic rings. The van der Waals surface area contributed by atoms with Crippen LogP contribution in [0.2, 0.25) is 0 Å². The lowest BCUT2D eigenvalue weighted by atomic mass is 9.62. The SMILES string of the molecule is CC(C)(C)C1(CO)CCN(S(C)(=O)=O)CC1. The van der Waals surface area contributed by atoms with Crippen molar-refractivity contribution >= 4 is 10.0 Å². The largest absolute Gasteiger partial charge is 0.396 e. The van der Waals surface area contributed by atoms with E-state index in [1.54, 1.807) is 0 Å². The minimum absolute atomic E-state index is 0.00530. The van der Waals surface area contributed by atoms with E-state index in [0.717, 1.165) is 12.8 Å². The van der Waals surface area contributed by atoms with Crippen LogP contribution < -0.4 is 0 Å². The lowest BCUT2D eigenvalue weighted by Gasteiger charge is -2.48. The average Bonchev–Trinajstić information content (AvgIpc) is 2.14.